The Labute approximate surface area is 114 Å². The molecule has 0 saturated carbocycles. The van der Waals surface area contributed by atoms with Crippen molar-refractivity contribution in [2.24, 2.45) is 0 Å². The van der Waals surface area contributed by atoms with Gasteiger partial charge in [-0.2, -0.15) is 0 Å². The van der Waals surface area contributed by atoms with Crippen molar-refractivity contribution in [2.45, 2.75) is 13.0 Å². The van der Waals surface area contributed by atoms with Crippen LogP contribution in [0.2, 0.25) is 5.02 Å². The molecule has 0 saturated heterocycles. The summed E-state index contributed by atoms with van der Waals surface area (Å²) in [5, 5.41) is 13.6. The Morgan fingerprint density at radius 1 is 1.37 bits per heavy atom. The minimum atomic E-state index is -1.14. The Balaban J connectivity index is 2.46. The molecule has 1 atom stereocenters. The van der Waals surface area contributed by atoms with Gasteiger partial charge in [0.15, 0.2) is 0 Å². The van der Waals surface area contributed by atoms with E-state index in [-0.39, 0.29) is 6.54 Å². The van der Waals surface area contributed by atoms with Crippen molar-refractivity contribution in [1.82, 2.24) is 10.6 Å². The Kier molecular flexibility index (Phi) is 5.32. The lowest BCUT2D eigenvalue weighted by Crippen LogP contribution is -2.44. The highest BCUT2D eigenvalue weighted by Crippen LogP contribution is 2.10. The second-order valence-electron chi connectivity index (χ2n) is 3.82. The first kappa shape index (κ1) is 15.0. The molecule has 0 fully saturated rings. The number of hydrogen-bond acceptors (Lipinski definition) is 3. The van der Waals surface area contributed by atoms with Gasteiger partial charge in [-0.15, -0.1) is 0 Å². The van der Waals surface area contributed by atoms with Crippen LogP contribution in [0.5, 0.6) is 0 Å². The van der Waals surface area contributed by atoms with Gasteiger partial charge in [-0.25, -0.2) is 0 Å². The monoisotopic (exact) mass is 284 g/mol. The summed E-state index contributed by atoms with van der Waals surface area (Å²) in [7, 11) is 0. The summed E-state index contributed by atoms with van der Waals surface area (Å²) in [5.74, 6) is -2.18. The number of carboxylic acids is 1. The molecule has 19 heavy (non-hydrogen) atoms. The van der Waals surface area contributed by atoms with Crippen molar-refractivity contribution >= 4 is 29.4 Å². The van der Waals surface area contributed by atoms with Crippen molar-refractivity contribution < 1.29 is 19.5 Å². The molecule has 0 radical (unpaired) electrons. The van der Waals surface area contributed by atoms with Gasteiger partial charge >= 0.3 is 5.97 Å². The van der Waals surface area contributed by atoms with Gasteiger partial charge in [0.1, 0.15) is 6.04 Å². The number of rotatable bonds is 5. The van der Waals surface area contributed by atoms with E-state index in [4.69, 9.17) is 16.7 Å². The van der Waals surface area contributed by atoms with E-state index in [0.29, 0.717) is 10.6 Å². The van der Waals surface area contributed by atoms with E-state index in [2.05, 4.69) is 10.6 Å². The van der Waals surface area contributed by atoms with Crippen molar-refractivity contribution in [1.29, 1.82) is 0 Å². The van der Waals surface area contributed by atoms with Crippen LogP contribution in [0.3, 0.4) is 0 Å². The first-order valence-electron chi connectivity index (χ1n) is 5.46. The molecule has 0 aromatic heterocycles. The average molecular weight is 285 g/mol. The summed E-state index contributed by atoms with van der Waals surface area (Å²) in [6.07, 6.45) is 0. The molecule has 1 rings (SSSR count). The lowest BCUT2D eigenvalue weighted by Gasteiger charge is -2.10. The number of carbonyl (C=O) groups excluding carboxylic acids is 2. The van der Waals surface area contributed by atoms with Crippen LogP contribution >= 0.6 is 11.6 Å². The van der Waals surface area contributed by atoms with Gasteiger partial charge in [-0.1, -0.05) is 17.7 Å². The quantitative estimate of drug-likeness (QED) is 0.740. The van der Waals surface area contributed by atoms with Gasteiger partial charge in [-0.3, -0.25) is 14.4 Å². The Bertz CT molecular complexity index is 504. The molecule has 0 spiro atoms. The van der Waals surface area contributed by atoms with Gasteiger partial charge in [0.2, 0.25) is 5.91 Å². The zero-order chi connectivity index (χ0) is 14.4. The molecule has 0 aliphatic heterocycles. The van der Waals surface area contributed by atoms with Crippen LogP contribution in [0.15, 0.2) is 24.3 Å². The summed E-state index contributed by atoms with van der Waals surface area (Å²) in [6, 6.07) is 5.26. The Hall–Kier alpha value is -2.08. The van der Waals surface area contributed by atoms with Gasteiger partial charge in [-0.05, 0) is 25.1 Å². The lowest BCUT2D eigenvalue weighted by atomic mass is 10.2. The van der Waals surface area contributed by atoms with Crippen LogP contribution in [0.4, 0.5) is 0 Å². The molecule has 0 aliphatic rings. The predicted molar refractivity (Wildman–Crippen MR) is 69.0 cm³/mol. The molecule has 1 aromatic rings. The number of carbonyl (C=O) groups is 3. The molecular weight excluding hydrogens is 272 g/mol. The van der Waals surface area contributed by atoms with Crippen molar-refractivity contribution in [3.8, 4) is 0 Å². The summed E-state index contributed by atoms with van der Waals surface area (Å²) < 4.78 is 0. The minimum Gasteiger partial charge on any atom is -0.480 e. The molecule has 0 bridgehead atoms. The smallest absolute Gasteiger partial charge is 0.325 e. The molecule has 7 heteroatoms. The summed E-state index contributed by atoms with van der Waals surface area (Å²) in [6.45, 7) is 1.03. The first-order chi connectivity index (χ1) is 8.90. The highest BCUT2D eigenvalue weighted by molar-refractivity contribution is 6.30. The summed E-state index contributed by atoms with van der Waals surface area (Å²) >= 11 is 5.73. The maximum Gasteiger partial charge on any atom is 0.325 e. The maximum absolute atomic E-state index is 11.7. The predicted octanol–water partition coefficient (Wildman–Crippen LogP) is 0.659. The fourth-order valence-electron chi connectivity index (χ4n) is 1.25. The van der Waals surface area contributed by atoms with E-state index < -0.39 is 23.8 Å². The normalized spacial score (nSPS) is 11.5. The van der Waals surface area contributed by atoms with E-state index in [1.807, 2.05) is 0 Å². The van der Waals surface area contributed by atoms with Crippen LogP contribution in [0.1, 0.15) is 17.3 Å². The summed E-state index contributed by atoms with van der Waals surface area (Å²) in [4.78, 5) is 33.5. The Morgan fingerprint density at radius 3 is 2.63 bits per heavy atom. The van der Waals surface area contributed by atoms with E-state index in [9.17, 15) is 14.4 Å². The average Bonchev–Trinajstić information content (AvgIpc) is 2.35. The standard InChI is InChI=1S/C12H13ClN2O4/c1-7(12(18)19)15-10(16)6-14-11(17)8-3-2-4-9(13)5-8/h2-5,7H,6H2,1H3,(H,14,17)(H,15,16)(H,18,19). The number of hydrogen-bond donors (Lipinski definition) is 3. The summed E-state index contributed by atoms with van der Waals surface area (Å²) in [5.41, 5.74) is 0.326. The molecule has 102 valence electrons. The van der Waals surface area contributed by atoms with Gasteiger partial charge in [0.25, 0.3) is 5.91 Å². The van der Waals surface area contributed by atoms with Crippen molar-refractivity contribution in [3.63, 3.8) is 0 Å². The molecular formula is C12H13ClN2O4. The zero-order valence-electron chi connectivity index (χ0n) is 10.1. The molecule has 1 aromatic carbocycles. The molecule has 0 aliphatic carbocycles. The van der Waals surface area contributed by atoms with Crippen molar-refractivity contribution in [2.75, 3.05) is 6.54 Å². The molecule has 0 heterocycles. The van der Waals surface area contributed by atoms with Crippen LogP contribution < -0.4 is 10.6 Å². The minimum absolute atomic E-state index is 0.303. The molecule has 2 amide bonds. The third kappa shape index (κ3) is 4.97. The molecule has 3 N–H and O–H groups in total. The number of aliphatic carboxylic acids is 1. The number of carboxylic acid groups (broad SMARTS) is 1. The maximum atomic E-state index is 11.7. The van der Waals surface area contributed by atoms with E-state index in [0.717, 1.165) is 0 Å². The van der Waals surface area contributed by atoms with Crippen LogP contribution in [0.25, 0.3) is 0 Å². The third-order valence-corrected chi connectivity index (χ3v) is 2.48. The van der Waals surface area contributed by atoms with E-state index in [1.165, 1.54) is 13.0 Å². The molecule has 6 nitrogen and oxygen atoms in total. The topological polar surface area (TPSA) is 95.5 Å². The zero-order valence-corrected chi connectivity index (χ0v) is 10.9. The van der Waals surface area contributed by atoms with E-state index >= 15 is 0 Å². The van der Waals surface area contributed by atoms with E-state index in [1.54, 1.807) is 18.2 Å². The van der Waals surface area contributed by atoms with Crippen LogP contribution in [-0.4, -0.2) is 35.5 Å². The molecule has 1 unspecified atom stereocenters. The second-order valence-corrected chi connectivity index (χ2v) is 4.26. The largest absolute Gasteiger partial charge is 0.480 e. The third-order valence-electron chi connectivity index (χ3n) is 2.24. The highest BCUT2D eigenvalue weighted by atomic mass is 35.5. The van der Waals surface area contributed by atoms with Crippen molar-refractivity contribution in [3.05, 3.63) is 34.9 Å². The van der Waals surface area contributed by atoms with Gasteiger partial charge < -0.3 is 15.7 Å². The fourth-order valence-corrected chi connectivity index (χ4v) is 1.44. The first-order valence-corrected chi connectivity index (χ1v) is 5.84. The lowest BCUT2D eigenvalue weighted by molar-refractivity contribution is -0.141. The van der Waals surface area contributed by atoms with Gasteiger partial charge in [0.05, 0.1) is 6.54 Å². The fraction of sp³-hybridized carbons (Fsp3) is 0.250. The second kappa shape index (κ2) is 6.75. The Morgan fingerprint density at radius 2 is 2.05 bits per heavy atom. The van der Waals surface area contributed by atoms with Gasteiger partial charge in [0, 0.05) is 10.6 Å². The highest BCUT2D eigenvalue weighted by Gasteiger charge is 2.14. The number of amides is 2. The van der Waals surface area contributed by atoms with Crippen LogP contribution in [-0.2, 0) is 9.59 Å². The number of nitrogens with one attached hydrogen (secondary N) is 2. The number of benzene rings is 1. The van der Waals surface area contributed by atoms with Crippen LogP contribution in [0, 0.1) is 0 Å². The SMILES string of the molecule is CC(NC(=O)CNC(=O)c1cccc(Cl)c1)C(=O)O. The number of halogens is 1.